The molecule has 1 aromatic rings. The number of ether oxygens (including phenoxy) is 1. The lowest BCUT2D eigenvalue weighted by Crippen LogP contribution is -2.39. The molecule has 1 heterocycles. The fourth-order valence-electron chi connectivity index (χ4n) is 2.56. The number of halogens is 1. The molecule has 0 saturated carbocycles. The fraction of sp³-hybridized carbons (Fsp3) is 0.529. The first-order valence-corrected chi connectivity index (χ1v) is 8.33. The number of methoxy groups -OCH3 is 1. The minimum Gasteiger partial charge on any atom is -0.496 e. The van der Waals surface area contributed by atoms with Crippen LogP contribution in [0.1, 0.15) is 26.7 Å². The van der Waals surface area contributed by atoms with Gasteiger partial charge in [-0.2, -0.15) is 0 Å². The summed E-state index contributed by atoms with van der Waals surface area (Å²) in [5.74, 6) is 0.872. The largest absolute Gasteiger partial charge is 0.496 e. The van der Waals surface area contributed by atoms with Crippen LogP contribution in [0.2, 0.25) is 0 Å². The van der Waals surface area contributed by atoms with Gasteiger partial charge in [-0.05, 0) is 60.8 Å². The monoisotopic (exact) mass is 352 g/mol. The number of allylic oxidation sites excluding steroid dienone is 1. The van der Waals surface area contributed by atoms with Crippen molar-refractivity contribution in [1.82, 2.24) is 4.90 Å². The molecule has 0 spiro atoms. The molecule has 116 valence electrons. The van der Waals surface area contributed by atoms with Crippen LogP contribution in [-0.4, -0.2) is 37.7 Å². The summed E-state index contributed by atoms with van der Waals surface area (Å²) in [6, 6.07) is 6.73. The average Bonchev–Trinajstić information content (AvgIpc) is 2.47. The summed E-state index contributed by atoms with van der Waals surface area (Å²) in [4.78, 5) is 2.52. The Hall–Kier alpha value is -1.00. The van der Waals surface area contributed by atoms with Crippen LogP contribution < -0.4 is 10.1 Å². The molecule has 21 heavy (non-hydrogen) atoms. The Morgan fingerprint density at radius 2 is 2.10 bits per heavy atom. The molecule has 1 N–H and O–H groups in total. The third-order valence-electron chi connectivity index (χ3n) is 3.87. The maximum absolute atomic E-state index is 5.26. The van der Waals surface area contributed by atoms with Crippen LogP contribution in [0.5, 0.6) is 5.75 Å². The second kappa shape index (κ2) is 7.85. The molecule has 3 nitrogen and oxygen atoms in total. The highest BCUT2D eigenvalue weighted by Crippen LogP contribution is 2.28. The average molecular weight is 353 g/mol. The van der Waals surface area contributed by atoms with Gasteiger partial charge < -0.3 is 10.1 Å². The third-order valence-corrected chi connectivity index (χ3v) is 4.49. The molecule has 0 radical (unpaired) electrons. The zero-order chi connectivity index (χ0) is 15.2. The molecule has 0 aliphatic carbocycles. The van der Waals surface area contributed by atoms with Crippen LogP contribution in [0.25, 0.3) is 0 Å². The number of hydrogen-bond donors (Lipinski definition) is 1. The molecule has 1 aliphatic rings. The van der Waals surface area contributed by atoms with Crippen molar-refractivity contribution in [3.63, 3.8) is 0 Å². The number of hydrogen-bond acceptors (Lipinski definition) is 3. The molecule has 1 saturated heterocycles. The summed E-state index contributed by atoms with van der Waals surface area (Å²) in [5.41, 5.74) is 2.56. The second-order valence-electron chi connectivity index (χ2n) is 5.85. The number of piperidine rings is 1. The van der Waals surface area contributed by atoms with Crippen molar-refractivity contribution in [3.8, 4) is 5.75 Å². The van der Waals surface area contributed by atoms with Crippen LogP contribution >= 0.6 is 15.9 Å². The Kier molecular flexibility index (Phi) is 6.12. The summed E-state index contributed by atoms with van der Waals surface area (Å²) in [5, 5.41) is 3.63. The molecular weight excluding hydrogens is 328 g/mol. The SMILES string of the molecule is COc1ccc(NC2CCN(CC=C(C)C)CC2)cc1Br. The smallest absolute Gasteiger partial charge is 0.133 e. The summed E-state index contributed by atoms with van der Waals surface area (Å²) in [7, 11) is 1.69. The predicted molar refractivity (Wildman–Crippen MR) is 93.2 cm³/mol. The van der Waals surface area contributed by atoms with Crippen LogP contribution in [0.3, 0.4) is 0 Å². The van der Waals surface area contributed by atoms with Gasteiger partial charge in [0.2, 0.25) is 0 Å². The Morgan fingerprint density at radius 3 is 2.67 bits per heavy atom. The lowest BCUT2D eigenvalue weighted by Gasteiger charge is -2.32. The summed E-state index contributed by atoms with van der Waals surface area (Å²) in [6.07, 6.45) is 4.70. The first kappa shape index (κ1) is 16.4. The van der Waals surface area contributed by atoms with Crippen molar-refractivity contribution in [1.29, 1.82) is 0 Å². The van der Waals surface area contributed by atoms with Gasteiger partial charge in [0.05, 0.1) is 11.6 Å². The lowest BCUT2D eigenvalue weighted by atomic mass is 10.0. The van der Waals surface area contributed by atoms with E-state index in [1.54, 1.807) is 7.11 Å². The first-order chi connectivity index (χ1) is 10.1. The molecule has 0 atom stereocenters. The van der Waals surface area contributed by atoms with Gasteiger partial charge in [0.15, 0.2) is 0 Å². The number of likely N-dealkylation sites (tertiary alicyclic amines) is 1. The van der Waals surface area contributed by atoms with Crippen LogP contribution in [-0.2, 0) is 0 Å². The maximum Gasteiger partial charge on any atom is 0.133 e. The minimum absolute atomic E-state index is 0.563. The van der Waals surface area contributed by atoms with Gasteiger partial charge >= 0.3 is 0 Å². The summed E-state index contributed by atoms with van der Waals surface area (Å²) >= 11 is 3.54. The molecule has 0 bridgehead atoms. The molecule has 4 heteroatoms. The van der Waals surface area contributed by atoms with Gasteiger partial charge in [-0.25, -0.2) is 0 Å². The Balaban J connectivity index is 1.83. The van der Waals surface area contributed by atoms with E-state index in [0.717, 1.165) is 22.5 Å². The Morgan fingerprint density at radius 1 is 1.38 bits per heavy atom. The third kappa shape index (κ3) is 5.04. The highest BCUT2D eigenvalue weighted by atomic mass is 79.9. The molecule has 1 aliphatic heterocycles. The highest BCUT2D eigenvalue weighted by Gasteiger charge is 2.18. The van der Waals surface area contributed by atoms with Crippen LogP contribution in [0.15, 0.2) is 34.3 Å². The molecule has 2 rings (SSSR count). The van der Waals surface area contributed by atoms with E-state index in [9.17, 15) is 0 Å². The fourth-order valence-corrected chi connectivity index (χ4v) is 3.10. The summed E-state index contributed by atoms with van der Waals surface area (Å²) in [6.45, 7) is 7.74. The van der Waals surface area contributed by atoms with Crippen molar-refractivity contribution in [2.45, 2.75) is 32.7 Å². The molecule has 1 fully saturated rings. The van der Waals surface area contributed by atoms with E-state index in [1.807, 2.05) is 6.07 Å². The number of nitrogens with zero attached hydrogens (tertiary/aromatic N) is 1. The van der Waals surface area contributed by atoms with Crippen molar-refractivity contribution in [3.05, 3.63) is 34.3 Å². The molecule has 0 unspecified atom stereocenters. The number of benzene rings is 1. The van der Waals surface area contributed by atoms with Crippen molar-refractivity contribution < 1.29 is 4.74 Å². The van der Waals surface area contributed by atoms with E-state index >= 15 is 0 Å². The predicted octanol–water partition coefficient (Wildman–Crippen LogP) is 4.30. The molecule has 1 aromatic carbocycles. The zero-order valence-corrected chi connectivity index (χ0v) is 14.7. The van der Waals surface area contributed by atoms with Crippen molar-refractivity contribution in [2.75, 3.05) is 32.1 Å². The lowest BCUT2D eigenvalue weighted by molar-refractivity contribution is 0.240. The number of rotatable bonds is 5. The Labute approximate surface area is 136 Å². The summed E-state index contributed by atoms with van der Waals surface area (Å²) < 4.78 is 6.26. The van der Waals surface area contributed by atoms with Gasteiger partial charge in [0.1, 0.15) is 5.75 Å². The second-order valence-corrected chi connectivity index (χ2v) is 6.70. The van der Waals surface area contributed by atoms with E-state index in [1.165, 1.54) is 31.5 Å². The molecule has 0 amide bonds. The van der Waals surface area contributed by atoms with Gasteiger partial charge in [-0.1, -0.05) is 11.6 Å². The van der Waals surface area contributed by atoms with Crippen molar-refractivity contribution >= 4 is 21.6 Å². The number of nitrogens with one attached hydrogen (secondary N) is 1. The Bertz CT molecular complexity index is 490. The normalized spacial score (nSPS) is 16.6. The van der Waals surface area contributed by atoms with Crippen LogP contribution in [0, 0.1) is 0 Å². The topological polar surface area (TPSA) is 24.5 Å². The zero-order valence-electron chi connectivity index (χ0n) is 13.2. The molecule has 0 aromatic heterocycles. The maximum atomic E-state index is 5.26. The standard InChI is InChI=1S/C17H25BrN2O/c1-13(2)6-9-20-10-7-14(8-11-20)19-15-4-5-17(21-3)16(18)12-15/h4-6,12,14,19H,7-11H2,1-3H3. The van der Waals surface area contributed by atoms with E-state index in [-0.39, 0.29) is 0 Å². The van der Waals surface area contributed by atoms with Crippen LogP contribution in [0.4, 0.5) is 5.69 Å². The van der Waals surface area contributed by atoms with E-state index in [4.69, 9.17) is 4.74 Å². The van der Waals surface area contributed by atoms with E-state index in [0.29, 0.717) is 6.04 Å². The van der Waals surface area contributed by atoms with Gasteiger partial charge in [-0.3, -0.25) is 4.90 Å². The first-order valence-electron chi connectivity index (χ1n) is 7.54. The van der Waals surface area contributed by atoms with E-state index < -0.39 is 0 Å². The van der Waals surface area contributed by atoms with Crippen molar-refractivity contribution in [2.24, 2.45) is 0 Å². The quantitative estimate of drug-likeness (QED) is 0.799. The minimum atomic E-state index is 0.563. The van der Waals surface area contributed by atoms with Gasteiger partial charge in [0.25, 0.3) is 0 Å². The van der Waals surface area contributed by atoms with Gasteiger partial charge in [0, 0.05) is 31.4 Å². The number of anilines is 1. The van der Waals surface area contributed by atoms with E-state index in [2.05, 4.69) is 58.2 Å². The molecular formula is C17H25BrN2O. The highest BCUT2D eigenvalue weighted by molar-refractivity contribution is 9.10. The van der Waals surface area contributed by atoms with Gasteiger partial charge in [-0.15, -0.1) is 0 Å².